The fourth-order valence-electron chi connectivity index (χ4n) is 4.21. The molecule has 0 saturated carbocycles. The Morgan fingerprint density at radius 1 is 0.816 bits per heavy atom. The highest BCUT2D eigenvalue weighted by Crippen LogP contribution is 2.39. The summed E-state index contributed by atoms with van der Waals surface area (Å²) in [5, 5.41) is 30.2. The molecule has 5 aromatic rings. The van der Waals surface area contributed by atoms with E-state index in [0.29, 0.717) is 35.2 Å². The number of azo groups is 1. The van der Waals surface area contributed by atoms with Crippen molar-refractivity contribution in [2.24, 2.45) is 10.2 Å². The highest BCUT2D eigenvalue weighted by molar-refractivity contribution is 6.08. The van der Waals surface area contributed by atoms with Crippen LogP contribution in [-0.2, 0) is 13.1 Å². The van der Waals surface area contributed by atoms with Gasteiger partial charge in [-0.15, -0.1) is 10.2 Å². The highest BCUT2D eigenvalue weighted by Gasteiger charge is 2.19. The van der Waals surface area contributed by atoms with E-state index in [0.717, 1.165) is 17.1 Å². The average Bonchev–Trinajstić information content (AvgIpc) is 2.92. The predicted octanol–water partition coefficient (Wildman–Crippen LogP) is 6.24. The third-order valence-corrected chi connectivity index (χ3v) is 5.98. The number of carbonyl (C=O) groups is 1. The minimum Gasteiger partial charge on any atom is -0.505 e. The van der Waals surface area contributed by atoms with Gasteiger partial charge in [0.05, 0.1) is 30.2 Å². The number of fused-ring (bicyclic) bond motifs is 1. The largest absolute Gasteiger partial charge is 0.505 e. The SMILES string of the molecule is Nc1ccc(N(Cc2ccccn2)Cc2ccccn2)c(N=Nc2cc3ccccc3c(C(=O)O)c2O)c1. The fourth-order valence-corrected chi connectivity index (χ4v) is 4.21. The van der Waals surface area contributed by atoms with E-state index in [4.69, 9.17) is 5.73 Å². The third-order valence-electron chi connectivity index (χ3n) is 5.98. The maximum absolute atomic E-state index is 11.9. The van der Waals surface area contributed by atoms with Crippen molar-refractivity contribution in [1.82, 2.24) is 9.97 Å². The van der Waals surface area contributed by atoms with Crippen molar-refractivity contribution < 1.29 is 15.0 Å². The minimum absolute atomic E-state index is 0.0375. The number of nitrogen functional groups attached to an aromatic ring is 1. The van der Waals surface area contributed by atoms with Crippen molar-refractivity contribution in [3.63, 3.8) is 0 Å². The first-order valence-corrected chi connectivity index (χ1v) is 11.8. The van der Waals surface area contributed by atoms with E-state index in [2.05, 4.69) is 25.1 Å². The van der Waals surface area contributed by atoms with Gasteiger partial charge in [-0.3, -0.25) is 9.97 Å². The number of rotatable bonds is 8. The molecule has 0 aliphatic rings. The number of hydrogen-bond donors (Lipinski definition) is 3. The number of aromatic carboxylic acids is 1. The summed E-state index contributed by atoms with van der Waals surface area (Å²) in [5.74, 6) is -1.71. The van der Waals surface area contributed by atoms with E-state index < -0.39 is 11.7 Å². The van der Waals surface area contributed by atoms with Gasteiger partial charge in [-0.2, -0.15) is 0 Å². The molecule has 2 heterocycles. The Balaban J connectivity index is 1.58. The third kappa shape index (κ3) is 5.26. The summed E-state index contributed by atoms with van der Waals surface area (Å²) in [7, 11) is 0. The summed E-state index contributed by atoms with van der Waals surface area (Å²) in [6, 6.07) is 25.2. The quantitative estimate of drug-likeness (QED) is 0.168. The second-order valence-electron chi connectivity index (χ2n) is 8.59. The first-order chi connectivity index (χ1) is 18.5. The van der Waals surface area contributed by atoms with Crippen LogP contribution in [0.5, 0.6) is 5.75 Å². The Hall–Kier alpha value is -5.31. The van der Waals surface area contributed by atoms with Gasteiger partial charge >= 0.3 is 5.97 Å². The summed E-state index contributed by atoms with van der Waals surface area (Å²) >= 11 is 0. The molecule has 9 nitrogen and oxygen atoms in total. The van der Waals surface area contributed by atoms with E-state index >= 15 is 0 Å². The van der Waals surface area contributed by atoms with Gasteiger partial charge in [0.2, 0.25) is 0 Å². The molecule has 9 heteroatoms. The van der Waals surface area contributed by atoms with E-state index in [1.165, 1.54) is 0 Å². The number of nitrogens with two attached hydrogens (primary N) is 1. The van der Waals surface area contributed by atoms with Crippen LogP contribution in [0.3, 0.4) is 0 Å². The van der Waals surface area contributed by atoms with E-state index in [1.807, 2.05) is 42.5 Å². The number of pyridine rings is 2. The first kappa shape index (κ1) is 24.4. The van der Waals surface area contributed by atoms with Crippen molar-refractivity contribution in [1.29, 1.82) is 0 Å². The van der Waals surface area contributed by atoms with Gasteiger partial charge in [0.15, 0.2) is 5.75 Å². The molecule has 0 atom stereocenters. The number of anilines is 2. The lowest BCUT2D eigenvalue weighted by atomic mass is 10.0. The van der Waals surface area contributed by atoms with Gasteiger partial charge < -0.3 is 20.8 Å². The second kappa shape index (κ2) is 10.8. The van der Waals surface area contributed by atoms with Gasteiger partial charge in [0, 0.05) is 23.5 Å². The Bertz CT molecular complexity index is 1580. The van der Waals surface area contributed by atoms with Crippen molar-refractivity contribution in [2.75, 3.05) is 10.6 Å². The lowest BCUT2D eigenvalue weighted by Crippen LogP contribution is -2.23. The topological polar surface area (TPSA) is 137 Å². The summed E-state index contributed by atoms with van der Waals surface area (Å²) in [5.41, 5.74) is 9.25. The summed E-state index contributed by atoms with van der Waals surface area (Å²) < 4.78 is 0. The van der Waals surface area contributed by atoms with Crippen molar-refractivity contribution in [3.05, 3.63) is 114 Å². The Labute approximate surface area is 218 Å². The van der Waals surface area contributed by atoms with Crippen LogP contribution in [0.1, 0.15) is 21.7 Å². The summed E-state index contributed by atoms with van der Waals surface area (Å²) in [6.45, 7) is 0.933. The molecule has 3 aromatic carbocycles. The zero-order valence-electron chi connectivity index (χ0n) is 20.3. The molecule has 0 bridgehead atoms. The lowest BCUT2D eigenvalue weighted by molar-refractivity contribution is 0.0696. The summed E-state index contributed by atoms with van der Waals surface area (Å²) in [4.78, 5) is 22.9. The van der Waals surface area contributed by atoms with Gasteiger partial charge in [-0.1, -0.05) is 36.4 Å². The molecule has 0 aliphatic carbocycles. The molecular formula is C29H24N6O3. The van der Waals surface area contributed by atoms with Crippen molar-refractivity contribution in [3.8, 4) is 5.75 Å². The maximum Gasteiger partial charge on any atom is 0.340 e. The Morgan fingerprint density at radius 2 is 1.45 bits per heavy atom. The molecule has 0 fully saturated rings. The number of benzene rings is 3. The fraction of sp³-hybridized carbons (Fsp3) is 0.0690. The van der Waals surface area contributed by atoms with Gasteiger partial charge in [-0.05, 0) is 53.9 Å². The standard InChI is InChI=1S/C29H24N6O3/c30-20-11-12-26(35(17-21-8-3-5-13-31-21)18-22-9-4-6-14-32-22)24(16-20)33-34-25-15-19-7-1-2-10-23(19)27(28(25)36)29(37)38/h1-16,36H,17-18,30H2,(H,37,38). The number of hydrogen-bond acceptors (Lipinski definition) is 8. The van der Waals surface area contributed by atoms with Crippen LogP contribution >= 0.6 is 0 Å². The van der Waals surface area contributed by atoms with E-state index in [-0.39, 0.29) is 11.3 Å². The smallest absolute Gasteiger partial charge is 0.340 e. The van der Waals surface area contributed by atoms with Crippen LogP contribution in [-0.4, -0.2) is 26.2 Å². The molecule has 188 valence electrons. The number of carboxylic acids is 1. The molecule has 5 rings (SSSR count). The van der Waals surface area contributed by atoms with Crippen LogP contribution in [0.4, 0.5) is 22.7 Å². The normalized spacial score (nSPS) is 11.2. The maximum atomic E-state index is 11.9. The molecule has 38 heavy (non-hydrogen) atoms. The number of nitrogens with zero attached hydrogens (tertiary/aromatic N) is 5. The molecule has 0 saturated heterocycles. The van der Waals surface area contributed by atoms with Crippen LogP contribution in [0.2, 0.25) is 0 Å². The van der Waals surface area contributed by atoms with Crippen LogP contribution < -0.4 is 10.6 Å². The van der Waals surface area contributed by atoms with Gasteiger partial charge in [-0.25, -0.2) is 4.79 Å². The molecule has 0 unspecified atom stereocenters. The molecule has 0 spiro atoms. The Kier molecular flexibility index (Phi) is 6.90. The lowest BCUT2D eigenvalue weighted by Gasteiger charge is -2.25. The van der Waals surface area contributed by atoms with Gasteiger partial charge in [0.1, 0.15) is 16.9 Å². The first-order valence-electron chi connectivity index (χ1n) is 11.8. The molecule has 2 aromatic heterocycles. The zero-order chi connectivity index (χ0) is 26.5. The van der Waals surface area contributed by atoms with Crippen molar-refractivity contribution in [2.45, 2.75) is 13.1 Å². The van der Waals surface area contributed by atoms with Crippen molar-refractivity contribution >= 4 is 39.5 Å². The van der Waals surface area contributed by atoms with E-state index in [1.54, 1.807) is 54.9 Å². The molecule has 4 N–H and O–H groups in total. The number of aromatic nitrogens is 2. The van der Waals surface area contributed by atoms with Gasteiger partial charge in [0.25, 0.3) is 0 Å². The highest BCUT2D eigenvalue weighted by atomic mass is 16.4. The second-order valence-corrected chi connectivity index (χ2v) is 8.59. The number of carboxylic acid groups (broad SMARTS) is 1. The molecule has 0 radical (unpaired) electrons. The zero-order valence-corrected chi connectivity index (χ0v) is 20.3. The van der Waals surface area contributed by atoms with Crippen LogP contribution in [0.15, 0.2) is 108 Å². The summed E-state index contributed by atoms with van der Waals surface area (Å²) in [6.07, 6.45) is 3.47. The Morgan fingerprint density at radius 3 is 2.08 bits per heavy atom. The number of aromatic hydroxyl groups is 1. The van der Waals surface area contributed by atoms with E-state index in [9.17, 15) is 15.0 Å². The van der Waals surface area contributed by atoms with Crippen LogP contribution in [0.25, 0.3) is 10.8 Å². The molecule has 0 aliphatic heterocycles. The molecule has 0 amide bonds. The van der Waals surface area contributed by atoms with Crippen LogP contribution in [0, 0.1) is 0 Å². The predicted molar refractivity (Wildman–Crippen MR) is 146 cm³/mol. The number of phenols is 1. The monoisotopic (exact) mass is 504 g/mol. The molecular weight excluding hydrogens is 480 g/mol. The average molecular weight is 505 g/mol. The minimum atomic E-state index is -1.25.